The largest absolute Gasteiger partial charge is 0.481 e. The summed E-state index contributed by atoms with van der Waals surface area (Å²) in [5.41, 5.74) is 0. The van der Waals surface area contributed by atoms with Crippen molar-refractivity contribution in [2.45, 2.75) is 38.9 Å². The molecule has 2 N–H and O–H groups in total. The van der Waals surface area contributed by atoms with Crippen molar-refractivity contribution in [3.8, 4) is 11.5 Å². The van der Waals surface area contributed by atoms with E-state index in [1.165, 1.54) is 0 Å². The zero-order valence-electron chi connectivity index (χ0n) is 18.2. The SMILES string of the molecule is CCC(Oc1ccccc1)C(=O)Nc1cccc(NC(=O)C(CC)Oc2ccccc2)n1. The molecular weight excluding hydrogens is 406 g/mol. The molecule has 2 unspecified atom stereocenters. The Kier molecular flexibility index (Phi) is 8.20. The molecule has 2 amide bonds. The number of nitrogens with zero attached hydrogens (tertiary/aromatic N) is 1. The van der Waals surface area contributed by atoms with Crippen molar-refractivity contribution in [3.63, 3.8) is 0 Å². The molecule has 0 aliphatic carbocycles. The molecule has 166 valence electrons. The molecule has 3 rings (SSSR count). The van der Waals surface area contributed by atoms with E-state index < -0.39 is 12.2 Å². The fourth-order valence-electron chi connectivity index (χ4n) is 2.96. The van der Waals surface area contributed by atoms with E-state index in [2.05, 4.69) is 15.6 Å². The second-order valence-corrected chi connectivity index (χ2v) is 7.04. The van der Waals surface area contributed by atoms with Crippen LogP contribution in [-0.4, -0.2) is 29.0 Å². The van der Waals surface area contributed by atoms with Gasteiger partial charge in [0.1, 0.15) is 23.1 Å². The maximum absolute atomic E-state index is 12.7. The molecule has 0 saturated carbocycles. The van der Waals surface area contributed by atoms with Gasteiger partial charge in [-0.3, -0.25) is 9.59 Å². The van der Waals surface area contributed by atoms with Crippen molar-refractivity contribution in [3.05, 3.63) is 78.9 Å². The van der Waals surface area contributed by atoms with Crippen molar-refractivity contribution in [2.75, 3.05) is 10.6 Å². The van der Waals surface area contributed by atoms with E-state index in [1.54, 1.807) is 42.5 Å². The van der Waals surface area contributed by atoms with Gasteiger partial charge < -0.3 is 20.1 Å². The smallest absolute Gasteiger partial charge is 0.266 e. The first-order valence-electron chi connectivity index (χ1n) is 10.6. The van der Waals surface area contributed by atoms with Gasteiger partial charge in [-0.1, -0.05) is 56.3 Å². The summed E-state index contributed by atoms with van der Waals surface area (Å²) in [6.07, 6.45) is -0.347. The molecular formula is C25H27N3O4. The maximum Gasteiger partial charge on any atom is 0.266 e. The first kappa shape index (κ1) is 22.8. The van der Waals surface area contributed by atoms with Gasteiger partial charge in [0.15, 0.2) is 12.2 Å². The van der Waals surface area contributed by atoms with Crippen LogP contribution in [0.3, 0.4) is 0 Å². The Bertz CT molecular complexity index is 933. The highest BCUT2D eigenvalue weighted by Gasteiger charge is 2.21. The predicted molar refractivity (Wildman–Crippen MR) is 124 cm³/mol. The van der Waals surface area contributed by atoms with E-state index in [0.717, 1.165) is 0 Å². The number of anilines is 2. The number of para-hydroxylation sites is 2. The number of carbonyl (C=O) groups is 2. The molecule has 1 aromatic heterocycles. The summed E-state index contributed by atoms with van der Waals surface area (Å²) in [5, 5.41) is 5.50. The van der Waals surface area contributed by atoms with Gasteiger partial charge in [0, 0.05) is 0 Å². The van der Waals surface area contributed by atoms with E-state index in [-0.39, 0.29) is 11.8 Å². The van der Waals surface area contributed by atoms with Crippen LogP contribution >= 0.6 is 0 Å². The third-order valence-corrected chi connectivity index (χ3v) is 4.62. The van der Waals surface area contributed by atoms with Crippen molar-refractivity contribution >= 4 is 23.5 Å². The maximum atomic E-state index is 12.7. The van der Waals surface area contributed by atoms with E-state index in [1.807, 2.05) is 50.2 Å². The summed E-state index contributed by atoms with van der Waals surface area (Å²) in [5.74, 6) is 1.25. The van der Waals surface area contributed by atoms with Crippen molar-refractivity contribution < 1.29 is 19.1 Å². The lowest BCUT2D eigenvalue weighted by Gasteiger charge is -2.18. The minimum atomic E-state index is -0.666. The van der Waals surface area contributed by atoms with Gasteiger partial charge in [0.05, 0.1) is 0 Å². The Morgan fingerprint density at radius 1 is 0.688 bits per heavy atom. The van der Waals surface area contributed by atoms with Crippen LogP contribution in [-0.2, 0) is 9.59 Å². The van der Waals surface area contributed by atoms with Crippen LogP contribution in [0.5, 0.6) is 11.5 Å². The number of hydrogen-bond acceptors (Lipinski definition) is 5. The topological polar surface area (TPSA) is 89.6 Å². The predicted octanol–water partition coefficient (Wildman–Crippen LogP) is 4.67. The Labute approximate surface area is 187 Å². The summed E-state index contributed by atoms with van der Waals surface area (Å²) in [6.45, 7) is 3.74. The average molecular weight is 434 g/mol. The molecule has 7 nitrogen and oxygen atoms in total. The van der Waals surface area contributed by atoms with Gasteiger partial charge in [-0.15, -0.1) is 0 Å². The van der Waals surface area contributed by atoms with Crippen LogP contribution in [0.4, 0.5) is 11.6 Å². The Balaban J connectivity index is 1.61. The first-order valence-corrected chi connectivity index (χ1v) is 10.6. The van der Waals surface area contributed by atoms with Crippen LogP contribution in [0.25, 0.3) is 0 Å². The fourth-order valence-corrected chi connectivity index (χ4v) is 2.96. The number of pyridine rings is 1. The number of ether oxygens (including phenoxy) is 2. The molecule has 0 aliphatic heterocycles. The molecule has 32 heavy (non-hydrogen) atoms. The number of hydrogen-bond donors (Lipinski definition) is 2. The molecule has 3 aromatic rings. The zero-order chi connectivity index (χ0) is 22.8. The normalized spacial score (nSPS) is 12.3. The quantitative estimate of drug-likeness (QED) is 0.485. The van der Waals surface area contributed by atoms with Gasteiger partial charge in [-0.05, 0) is 49.2 Å². The van der Waals surface area contributed by atoms with Crippen LogP contribution in [0, 0.1) is 0 Å². The van der Waals surface area contributed by atoms with E-state index in [9.17, 15) is 9.59 Å². The molecule has 2 atom stereocenters. The van der Waals surface area contributed by atoms with Gasteiger partial charge in [0.25, 0.3) is 11.8 Å². The Morgan fingerprint density at radius 2 is 1.09 bits per heavy atom. The van der Waals surface area contributed by atoms with Crippen LogP contribution in [0.15, 0.2) is 78.9 Å². The van der Waals surface area contributed by atoms with Crippen molar-refractivity contribution in [1.82, 2.24) is 4.98 Å². The van der Waals surface area contributed by atoms with E-state index in [4.69, 9.17) is 9.47 Å². The molecule has 0 saturated heterocycles. The molecule has 0 aliphatic rings. The number of rotatable bonds is 10. The van der Waals surface area contributed by atoms with Crippen molar-refractivity contribution in [2.24, 2.45) is 0 Å². The third-order valence-electron chi connectivity index (χ3n) is 4.62. The summed E-state index contributed by atoms with van der Waals surface area (Å²) in [6, 6.07) is 23.3. The lowest BCUT2D eigenvalue weighted by molar-refractivity contribution is -0.123. The minimum absolute atomic E-state index is 0.314. The fraction of sp³-hybridized carbons (Fsp3) is 0.240. The number of amides is 2. The van der Waals surface area contributed by atoms with Crippen LogP contribution < -0.4 is 20.1 Å². The van der Waals surface area contributed by atoms with Crippen LogP contribution in [0.2, 0.25) is 0 Å². The number of carbonyl (C=O) groups excluding carboxylic acids is 2. The second-order valence-electron chi connectivity index (χ2n) is 7.04. The standard InChI is InChI=1S/C25H27N3O4/c1-3-20(31-18-12-7-5-8-13-18)24(29)27-22-16-11-17-23(26-22)28-25(30)21(4-2)32-19-14-9-6-10-15-19/h5-17,20-21H,3-4H2,1-2H3,(H2,26,27,28,29,30). The highest BCUT2D eigenvalue weighted by Crippen LogP contribution is 2.17. The molecule has 0 fully saturated rings. The summed E-state index contributed by atoms with van der Waals surface area (Å²) in [4.78, 5) is 29.6. The third kappa shape index (κ3) is 6.57. The van der Waals surface area contributed by atoms with Gasteiger partial charge in [-0.2, -0.15) is 0 Å². The highest BCUT2D eigenvalue weighted by atomic mass is 16.5. The van der Waals surface area contributed by atoms with Gasteiger partial charge in [-0.25, -0.2) is 4.98 Å². The van der Waals surface area contributed by atoms with Crippen molar-refractivity contribution in [1.29, 1.82) is 0 Å². The van der Waals surface area contributed by atoms with Crippen LogP contribution in [0.1, 0.15) is 26.7 Å². The number of benzene rings is 2. The van der Waals surface area contributed by atoms with E-state index in [0.29, 0.717) is 36.0 Å². The molecule has 7 heteroatoms. The molecule has 0 spiro atoms. The van der Waals surface area contributed by atoms with Gasteiger partial charge >= 0.3 is 0 Å². The zero-order valence-corrected chi connectivity index (χ0v) is 18.2. The molecule has 1 heterocycles. The molecule has 0 radical (unpaired) electrons. The minimum Gasteiger partial charge on any atom is -0.481 e. The average Bonchev–Trinajstić information content (AvgIpc) is 2.82. The Hall–Kier alpha value is -3.87. The summed E-state index contributed by atoms with van der Waals surface area (Å²) in [7, 11) is 0. The Morgan fingerprint density at radius 3 is 1.47 bits per heavy atom. The second kappa shape index (κ2) is 11.5. The highest BCUT2D eigenvalue weighted by molar-refractivity contribution is 5.95. The molecule has 2 aromatic carbocycles. The first-order chi connectivity index (χ1) is 15.6. The number of aromatic nitrogens is 1. The summed E-state index contributed by atoms with van der Waals surface area (Å²) >= 11 is 0. The lowest BCUT2D eigenvalue weighted by atomic mass is 10.2. The molecule has 0 bridgehead atoms. The number of nitrogens with one attached hydrogen (secondary N) is 2. The van der Waals surface area contributed by atoms with Gasteiger partial charge in [0.2, 0.25) is 0 Å². The monoisotopic (exact) mass is 433 g/mol. The van der Waals surface area contributed by atoms with E-state index >= 15 is 0 Å². The summed E-state index contributed by atoms with van der Waals surface area (Å²) < 4.78 is 11.5. The lowest BCUT2D eigenvalue weighted by Crippen LogP contribution is -2.33.